The summed E-state index contributed by atoms with van der Waals surface area (Å²) >= 11 is 13.6. The van der Waals surface area contributed by atoms with E-state index in [1.54, 1.807) is 24.3 Å². The Kier molecular flexibility index (Phi) is 9.57. The first-order valence-corrected chi connectivity index (χ1v) is 14.1. The number of hydrogen-bond acceptors (Lipinski definition) is 5. The van der Waals surface area contributed by atoms with Crippen LogP contribution in [0, 0.1) is 5.82 Å². The van der Waals surface area contributed by atoms with Gasteiger partial charge in [0.1, 0.15) is 23.3 Å². The van der Waals surface area contributed by atoms with Gasteiger partial charge in [-0.05, 0) is 71.2 Å². The molecule has 0 fully saturated rings. The highest BCUT2D eigenvalue weighted by atomic mass is 79.9. The summed E-state index contributed by atoms with van der Waals surface area (Å²) in [5.74, 6) is 0.946. The smallest absolute Gasteiger partial charge is 0.282 e. The lowest BCUT2D eigenvalue weighted by Crippen LogP contribution is -2.22. The Hall–Kier alpha value is -2.75. The van der Waals surface area contributed by atoms with Crippen molar-refractivity contribution in [3.63, 3.8) is 0 Å². The van der Waals surface area contributed by atoms with Crippen molar-refractivity contribution in [3.05, 3.63) is 95.6 Å². The molecule has 0 unspecified atom stereocenters. The molecule has 1 aromatic heterocycles. The van der Waals surface area contributed by atoms with Crippen molar-refractivity contribution in [1.82, 2.24) is 9.66 Å². The molecule has 0 saturated carbocycles. The van der Waals surface area contributed by atoms with Crippen molar-refractivity contribution < 1.29 is 13.9 Å². The van der Waals surface area contributed by atoms with Crippen molar-refractivity contribution in [2.45, 2.75) is 39.7 Å². The highest BCUT2D eigenvalue weighted by Gasteiger charge is 2.18. The molecule has 0 radical (unpaired) electrons. The van der Waals surface area contributed by atoms with Gasteiger partial charge in [0, 0.05) is 20.9 Å². The Balaban J connectivity index is 1.74. The van der Waals surface area contributed by atoms with Gasteiger partial charge in [-0.25, -0.2) is 9.37 Å². The molecular formula is C28H25Br2ClFN3O3. The van der Waals surface area contributed by atoms with Crippen LogP contribution in [0.15, 0.2) is 67.4 Å². The van der Waals surface area contributed by atoms with Gasteiger partial charge in [0.25, 0.3) is 5.56 Å². The van der Waals surface area contributed by atoms with Crippen LogP contribution in [0.1, 0.15) is 43.6 Å². The third-order valence-corrected chi connectivity index (χ3v) is 7.61. The molecule has 3 aromatic carbocycles. The van der Waals surface area contributed by atoms with E-state index in [0.717, 1.165) is 17.3 Å². The Labute approximate surface area is 241 Å². The van der Waals surface area contributed by atoms with Crippen LogP contribution in [0.3, 0.4) is 0 Å². The molecule has 198 valence electrons. The summed E-state index contributed by atoms with van der Waals surface area (Å²) < 4.78 is 27.9. The van der Waals surface area contributed by atoms with Gasteiger partial charge >= 0.3 is 0 Å². The fourth-order valence-electron chi connectivity index (χ4n) is 3.81. The van der Waals surface area contributed by atoms with Gasteiger partial charge in [-0.15, -0.1) is 0 Å². The zero-order valence-corrected chi connectivity index (χ0v) is 24.7. The van der Waals surface area contributed by atoms with E-state index < -0.39 is 0 Å². The lowest BCUT2D eigenvalue weighted by atomic mass is 10.2. The molecule has 6 nitrogen and oxygen atoms in total. The second-order valence-corrected chi connectivity index (χ2v) is 10.5. The second kappa shape index (κ2) is 12.9. The maximum Gasteiger partial charge on any atom is 0.282 e. The minimum Gasteiger partial charge on any atom is -0.490 e. The van der Waals surface area contributed by atoms with E-state index in [1.165, 1.54) is 23.0 Å². The molecule has 0 aliphatic carbocycles. The largest absolute Gasteiger partial charge is 0.490 e. The fraction of sp³-hybridized carbons (Fsp3) is 0.250. The zero-order valence-electron chi connectivity index (χ0n) is 20.8. The third-order valence-electron chi connectivity index (χ3n) is 5.67. The number of halogens is 4. The molecule has 38 heavy (non-hydrogen) atoms. The summed E-state index contributed by atoms with van der Waals surface area (Å²) in [6.07, 6.45) is 3.96. The van der Waals surface area contributed by atoms with E-state index in [9.17, 15) is 9.18 Å². The summed E-state index contributed by atoms with van der Waals surface area (Å²) in [5.41, 5.74) is 1.60. The molecule has 0 amide bonds. The van der Waals surface area contributed by atoms with Gasteiger partial charge in [0.2, 0.25) is 0 Å². The summed E-state index contributed by atoms with van der Waals surface area (Å²) in [6.45, 7) is 4.40. The third kappa shape index (κ3) is 6.45. The van der Waals surface area contributed by atoms with Gasteiger partial charge in [-0.3, -0.25) is 4.79 Å². The minimum atomic E-state index is -0.348. The van der Waals surface area contributed by atoms with E-state index in [1.807, 2.05) is 19.1 Å². The number of fused-ring (bicyclic) bond motifs is 1. The van der Waals surface area contributed by atoms with Crippen molar-refractivity contribution in [2.75, 3.05) is 6.61 Å². The predicted molar refractivity (Wildman–Crippen MR) is 156 cm³/mol. The zero-order chi connectivity index (χ0) is 27.2. The topological polar surface area (TPSA) is 65.7 Å². The van der Waals surface area contributed by atoms with Crippen LogP contribution < -0.4 is 15.0 Å². The Morgan fingerprint density at radius 3 is 2.68 bits per heavy atom. The van der Waals surface area contributed by atoms with Crippen molar-refractivity contribution in [2.24, 2.45) is 5.10 Å². The summed E-state index contributed by atoms with van der Waals surface area (Å²) in [4.78, 5) is 18.1. The highest BCUT2D eigenvalue weighted by Crippen LogP contribution is 2.42. The number of aromatic nitrogens is 2. The van der Waals surface area contributed by atoms with Crippen LogP contribution in [0.5, 0.6) is 11.5 Å². The maximum absolute atomic E-state index is 13.6. The molecule has 4 aromatic rings. The van der Waals surface area contributed by atoms with E-state index in [0.29, 0.717) is 56.9 Å². The summed E-state index contributed by atoms with van der Waals surface area (Å²) in [7, 11) is 0. The molecule has 1 heterocycles. The number of rotatable bonds is 10. The summed E-state index contributed by atoms with van der Waals surface area (Å²) in [5, 5.41) is 5.25. The van der Waals surface area contributed by atoms with E-state index >= 15 is 0 Å². The molecule has 0 N–H and O–H groups in total. The van der Waals surface area contributed by atoms with Gasteiger partial charge < -0.3 is 9.47 Å². The standard InChI is InChI=1S/C28H25Br2ClFN3O3/c1-3-5-9-24-34-22-11-10-19(29)14-21(22)28(36)35(24)33-15-18-13-23(37-4-2)27(26(31)25(18)30)38-16-17-7-6-8-20(32)12-17/h6-8,10-15H,3-5,9,16H2,1-2H3. The predicted octanol–water partition coefficient (Wildman–Crippen LogP) is 7.92. The lowest BCUT2D eigenvalue weighted by Gasteiger charge is -2.16. The maximum atomic E-state index is 13.6. The van der Waals surface area contributed by atoms with E-state index in [-0.39, 0.29) is 23.0 Å². The van der Waals surface area contributed by atoms with Crippen molar-refractivity contribution in [3.8, 4) is 11.5 Å². The fourth-order valence-corrected chi connectivity index (χ4v) is 4.82. The first-order valence-electron chi connectivity index (χ1n) is 12.1. The first kappa shape index (κ1) is 28.3. The molecule has 4 rings (SSSR count). The molecule has 0 bridgehead atoms. The molecule has 0 saturated heterocycles. The first-order chi connectivity index (χ1) is 18.3. The van der Waals surface area contributed by atoms with Crippen LogP contribution in [0.25, 0.3) is 10.9 Å². The average Bonchev–Trinajstić information content (AvgIpc) is 2.90. The Morgan fingerprint density at radius 2 is 1.95 bits per heavy atom. The lowest BCUT2D eigenvalue weighted by molar-refractivity contribution is 0.269. The molecule has 0 spiro atoms. The van der Waals surface area contributed by atoms with E-state index in [2.05, 4.69) is 43.9 Å². The minimum absolute atomic E-state index is 0.103. The molecular weight excluding hydrogens is 641 g/mol. The second-order valence-electron chi connectivity index (χ2n) is 8.43. The highest BCUT2D eigenvalue weighted by molar-refractivity contribution is 9.10. The van der Waals surface area contributed by atoms with Crippen molar-refractivity contribution >= 4 is 60.6 Å². The molecule has 0 aliphatic rings. The number of hydrogen-bond donors (Lipinski definition) is 0. The number of benzene rings is 3. The van der Waals surface area contributed by atoms with Gasteiger partial charge in [0.15, 0.2) is 11.5 Å². The average molecular weight is 666 g/mol. The van der Waals surface area contributed by atoms with Crippen LogP contribution in [0.4, 0.5) is 4.39 Å². The number of aryl methyl sites for hydroxylation is 1. The molecule has 10 heteroatoms. The van der Waals surface area contributed by atoms with Crippen LogP contribution in [0.2, 0.25) is 5.02 Å². The number of ether oxygens (including phenoxy) is 2. The van der Waals surface area contributed by atoms with Gasteiger partial charge in [-0.1, -0.05) is 53.0 Å². The molecule has 0 atom stereocenters. The van der Waals surface area contributed by atoms with Crippen LogP contribution in [-0.4, -0.2) is 22.5 Å². The van der Waals surface area contributed by atoms with E-state index in [4.69, 9.17) is 26.1 Å². The SMILES string of the molecule is CCCCc1nc2ccc(Br)cc2c(=O)n1N=Cc1cc(OCC)c(OCc2cccc(F)c2)c(Cl)c1Br. The van der Waals surface area contributed by atoms with Crippen LogP contribution >= 0.6 is 43.5 Å². The number of nitrogens with zero attached hydrogens (tertiary/aromatic N) is 3. The Morgan fingerprint density at radius 1 is 1.13 bits per heavy atom. The monoisotopic (exact) mass is 663 g/mol. The van der Waals surface area contributed by atoms with Gasteiger partial charge in [0.05, 0.1) is 23.7 Å². The normalized spacial score (nSPS) is 11.4. The van der Waals surface area contributed by atoms with Gasteiger partial charge in [-0.2, -0.15) is 9.78 Å². The number of unbranched alkanes of at least 4 members (excludes halogenated alkanes) is 1. The van der Waals surface area contributed by atoms with Crippen LogP contribution in [-0.2, 0) is 13.0 Å². The summed E-state index contributed by atoms with van der Waals surface area (Å²) in [6, 6.07) is 13.3. The molecule has 0 aliphatic heterocycles. The Bertz CT molecular complexity index is 1560. The van der Waals surface area contributed by atoms with Crippen molar-refractivity contribution in [1.29, 1.82) is 0 Å². The quantitative estimate of drug-likeness (QED) is 0.162.